The van der Waals surface area contributed by atoms with Crippen LogP contribution in [0.2, 0.25) is 0 Å². The van der Waals surface area contributed by atoms with Crippen LogP contribution in [-0.4, -0.2) is 34.3 Å². The number of thioether (sulfide) groups is 1. The average Bonchev–Trinajstić information content (AvgIpc) is 2.44. The summed E-state index contributed by atoms with van der Waals surface area (Å²) < 4.78 is 0. The van der Waals surface area contributed by atoms with Crippen molar-refractivity contribution in [2.24, 2.45) is 5.41 Å². The Bertz CT molecular complexity index is 417. The van der Waals surface area contributed by atoms with Gasteiger partial charge in [0, 0.05) is 5.75 Å². The highest BCUT2D eigenvalue weighted by Crippen LogP contribution is 2.30. The van der Waals surface area contributed by atoms with E-state index >= 15 is 0 Å². The highest BCUT2D eigenvalue weighted by atomic mass is 32.2. The van der Waals surface area contributed by atoms with Gasteiger partial charge in [-0.25, -0.2) is 0 Å². The molecule has 1 aromatic carbocycles. The van der Waals surface area contributed by atoms with Crippen LogP contribution in [0.5, 0.6) is 0 Å². The summed E-state index contributed by atoms with van der Waals surface area (Å²) in [5.41, 5.74) is 1.07. The van der Waals surface area contributed by atoms with Crippen molar-refractivity contribution < 1.29 is 15.0 Å². The van der Waals surface area contributed by atoms with E-state index in [0.717, 1.165) is 29.9 Å². The molecule has 0 bridgehead atoms. The summed E-state index contributed by atoms with van der Waals surface area (Å²) in [4.78, 5) is 11.4. The van der Waals surface area contributed by atoms with E-state index in [1.165, 1.54) is 0 Å². The molecule has 0 saturated carbocycles. The third-order valence-electron chi connectivity index (χ3n) is 3.57. The van der Waals surface area contributed by atoms with Crippen LogP contribution in [0.3, 0.4) is 0 Å². The predicted molar refractivity (Wildman–Crippen MR) is 88.9 cm³/mol. The molecule has 0 spiro atoms. The first-order valence-electron chi connectivity index (χ1n) is 7.42. The highest BCUT2D eigenvalue weighted by Gasteiger charge is 2.22. The average molecular weight is 310 g/mol. The fraction of sp³-hybridized carbons (Fsp3) is 0.588. The van der Waals surface area contributed by atoms with E-state index in [4.69, 9.17) is 5.11 Å². The molecule has 4 heteroatoms. The second-order valence-corrected chi connectivity index (χ2v) is 7.24. The van der Waals surface area contributed by atoms with E-state index in [9.17, 15) is 9.90 Å². The quantitative estimate of drug-likeness (QED) is 0.646. The molecule has 0 aliphatic heterocycles. The minimum absolute atomic E-state index is 0.180. The normalized spacial score (nSPS) is 13.1. The van der Waals surface area contributed by atoms with Gasteiger partial charge in [0.1, 0.15) is 0 Å². The molecule has 0 aliphatic carbocycles. The number of rotatable bonds is 10. The van der Waals surface area contributed by atoms with Crippen molar-refractivity contribution in [1.29, 1.82) is 0 Å². The summed E-state index contributed by atoms with van der Waals surface area (Å²) in [5, 5.41) is 18.2. The number of benzene rings is 1. The zero-order valence-electron chi connectivity index (χ0n) is 12.9. The van der Waals surface area contributed by atoms with Gasteiger partial charge in [0.15, 0.2) is 0 Å². The minimum Gasteiger partial charge on any atom is -0.481 e. The molecule has 0 saturated heterocycles. The number of aliphatic hydroxyl groups excluding tert-OH is 1. The number of carbonyl (C=O) groups is 1. The van der Waals surface area contributed by atoms with Gasteiger partial charge in [0.2, 0.25) is 0 Å². The number of hydrogen-bond donors (Lipinski definition) is 2. The van der Waals surface area contributed by atoms with E-state index in [1.54, 1.807) is 11.8 Å². The summed E-state index contributed by atoms with van der Waals surface area (Å²) in [5.74, 6) is 0.614. The van der Waals surface area contributed by atoms with Crippen LogP contribution < -0.4 is 0 Å². The van der Waals surface area contributed by atoms with E-state index in [1.807, 2.05) is 30.3 Å². The van der Waals surface area contributed by atoms with E-state index in [-0.39, 0.29) is 12.0 Å². The molecule has 0 amide bonds. The summed E-state index contributed by atoms with van der Waals surface area (Å²) in [6, 6.07) is 9.47. The predicted octanol–water partition coefficient (Wildman–Crippen LogP) is 3.78. The molecule has 0 fully saturated rings. The summed E-state index contributed by atoms with van der Waals surface area (Å²) >= 11 is 1.76. The maximum Gasteiger partial charge on any atom is 0.310 e. The topological polar surface area (TPSA) is 57.5 Å². The maximum atomic E-state index is 11.4. The molecule has 0 heterocycles. The first-order chi connectivity index (χ1) is 9.96. The first-order valence-corrected chi connectivity index (χ1v) is 8.58. The third kappa shape index (κ3) is 7.00. The smallest absolute Gasteiger partial charge is 0.310 e. The number of aliphatic hydroxyl groups is 1. The number of carboxylic acids is 1. The Labute approximate surface area is 131 Å². The summed E-state index contributed by atoms with van der Waals surface area (Å²) in [6.07, 6.45) is 2.58. The van der Waals surface area contributed by atoms with Gasteiger partial charge in [-0.3, -0.25) is 4.79 Å². The van der Waals surface area contributed by atoms with Crippen LogP contribution in [0.25, 0.3) is 0 Å². The van der Waals surface area contributed by atoms with Gasteiger partial charge in [-0.15, -0.1) is 0 Å². The van der Waals surface area contributed by atoms with Crippen molar-refractivity contribution in [3.05, 3.63) is 35.9 Å². The molecule has 1 aromatic rings. The molecule has 1 unspecified atom stereocenters. The second-order valence-electron chi connectivity index (χ2n) is 6.13. The second kappa shape index (κ2) is 9.11. The molecular weight excluding hydrogens is 284 g/mol. The lowest BCUT2D eigenvalue weighted by Crippen LogP contribution is -2.17. The Morgan fingerprint density at radius 2 is 1.95 bits per heavy atom. The number of carboxylic acid groups (broad SMARTS) is 1. The molecule has 118 valence electrons. The van der Waals surface area contributed by atoms with E-state index in [0.29, 0.717) is 6.42 Å². The Kier molecular flexibility index (Phi) is 7.83. The van der Waals surface area contributed by atoms with E-state index in [2.05, 4.69) is 13.8 Å². The standard InChI is InChI=1S/C17H26O3S/c1-17(2,13-21-12-11-18)10-6-9-15(16(19)20)14-7-4-3-5-8-14/h3-5,7-8,15,18H,6,9-13H2,1-2H3,(H,19,20). The molecule has 0 aromatic heterocycles. The lowest BCUT2D eigenvalue weighted by molar-refractivity contribution is -0.139. The molecule has 21 heavy (non-hydrogen) atoms. The van der Waals surface area contributed by atoms with Crippen molar-refractivity contribution >= 4 is 17.7 Å². The van der Waals surface area contributed by atoms with Crippen LogP contribution in [-0.2, 0) is 4.79 Å². The molecule has 1 atom stereocenters. The summed E-state index contributed by atoms with van der Waals surface area (Å²) in [7, 11) is 0. The lowest BCUT2D eigenvalue weighted by Gasteiger charge is -2.24. The van der Waals surface area contributed by atoms with Gasteiger partial charge < -0.3 is 10.2 Å². The van der Waals surface area contributed by atoms with E-state index < -0.39 is 11.9 Å². The van der Waals surface area contributed by atoms with Gasteiger partial charge in [-0.05, 0) is 29.6 Å². The Morgan fingerprint density at radius 3 is 2.52 bits per heavy atom. The lowest BCUT2D eigenvalue weighted by atomic mass is 9.86. The van der Waals surface area contributed by atoms with Gasteiger partial charge in [-0.1, -0.05) is 50.6 Å². The molecule has 0 radical (unpaired) electrons. The van der Waals surface area contributed by atoms with Gasteiger partial charge in [-0.2, -0.15) is 11.8 Å². The van der Waals surface area contributed by atoms with Crippen LogP contribution in [0.1, 0.15) is 44.6 Å². The zero-order valence-corrected chi connectivity index (χ0v) is 13.7. The van der Waals surface area contributed by atoms with Crippen LogP contribution >= 0.6 is 11.8 Å². The van der Waals surface area contributed by atoms with Crippen LogP contribution in [0.15, 0.2) is 30.3 Å². The van der Waals surface area contributed by atoms with Gasteiger partial charge >= 0.3 is 5.97 Å². The van der Waals surface area contributed by atoms with Crippen molar-refractivity contribution in [2.75, 3.05) is 18.1 Å². The van der Waals surface area contributed by atoms with Crippen molar-refractivity contribution in [2.45, 2.75) is 39.0 Å². The van der Waals surface area contributed by atoms with Gasteiger partial charge in [0.25, 0.3) is 0 Å². The third-order valence-corrected chi connectivity index (χ3v) is 5.03. The molecule has 2 N–H and O–H groups in total. The molecule has 1 rings (SSSR count). The largest absolute Gasteiger partial charge is 0.481 e. The maximum absolute atomic E-state index is 11.4. The Morgan fingerprint density at radius 1 is 1.29 bits per heavy atom. The molecule has 0 aliphatic rings. The summed E-state index contributed by atoms with van der Waals surface area (Å²) in [6.45, 7) is 4.63. The van der Waals surface area contributed by atoms with Crippen molar-refractivity contribution in [3.63, 3.8) is 0 Å². The molecule has 3 nitrogen and oxygen atoms in total. The fourth-order valence-corrected chi connectivity index (χ4v) is 3.36. The van der Waals surface area contributed by atoms with Crippen LogP contribution in [0, 0.1) is 5.41 Å². The monoisotopic (exact) mass is 310 g/mol. The first kappa shape index (κ1) is 18.1. The van der Waals surface area contributed by atoms with Crippen LogP contribution in [0.4, 0.5) is 0 Å². The Balaban J connectivity index is 2.46. The van der Waals surface area contributed by atoms with Crippen molar-refractivity contribution in [3.8, 4) is 0 Å². The number of hydrogen-bond acceptors (Lipinski definition) is 3. The zero-order chi connectivity index (χ0) is 15.7. The van der Waals surface area contributed by atoms with Crippen molar-refractivity contribution in [1.82, 2.24) is 0 Å². The molecular formula is C17H26O3S. The minimum atomic E-state index is -0.742. The Hall–Kier alpha value is -1.00. The SMILES string of the molecule is CC(C)(CCCC(C(=O)O)c1ccccc1)CSCCO. The fourth-order valence-electron chi connectivity index (χ4n) is 2.39. The van der Waals surface area contributed by atoms with Gasteiger partial charge in [0.05, 0.1) is 12.5 Å². The highest BCUT2D eigenvalue weighted by molar-refractivity contribution is 7.99. The number of aliphatic carboxylic acids is 1.